The average Bonchev–Trinajstić information content (AvgIpc) is 3.39. The molecule has 0 saturated carbocycles. The van der Waals surface area contributed by atoms with Crippen LogP contribution in [0.15, 0.2) is 17.2 Å². The first-order valence-electron chi connectivity index (χ1n) is 10.4. The first-order chi connectivity index (χ1) is 14.2. The van der Waals surface area contributed by atoms with E-state index in [1.807, 2.05) is 25.9 Å². The summed E-state index contributed by atoms with van der Waals surface area (Å²) in [7, 11) is 1.44. The first kappa shape index (κ1) is 20.9. The number of hydrogen-bond donors (Lipinski definition) is 2. The van der Waals surface area contributed by atoms with Gasteiger partial charge in [0.05, 0.1) is 5.69 Å². The molecule has 2 aromatic rings. The van der Waals surface area contributed by atoms with E-state index in [2.05, 4.69) is 21.2 Å². The van der Waals surface area contributed by atoms with Crippen LogP contribution >= 0.6 is 0 Å². The molecule has 162 valence electrons. The number of nitrogens with one attached hydrogen (secondary N) is 2. The normalized spacial score (nSPS) is 16.4. The molecule has 2 N–H and O–H groups in total. The summed E-state index contributed by atoms with van der Waals surface area (Å²) in [5, 5.41) is 6.82. The quantitative estimate of drug-likeness (QED) is 0.758. The molecule has 2 amide bonds. The molecule has 1 heterocycles. The highest BCUT2D eigenvalue weighted by atomic mass is 32.2. The maximum absolute atomic E-state index is 12.8. The second kappa shape index (κ2) is 7.70. The van der Waals surface area contributed by atoms with Crippen LogP contribution in [-0.4, -0.2) is 43.2 Å². The molecular weight excluding hydrogens is 402 g/mol. The number of carbonyl (C=O) groups is 1. The van der Waals surface area contributed by atoms with Crippen molar-refractivity contribution in [1.29, 1.82) is 0 Å². The van der Waals surface area contributed by atoms with Crippen molar-refractivity contribution in [3.05, 3.63) is 40.1 Å². The van der Waals surface area contributed by atoms with Crippen LogP contribution in [0.1, 0.15) is 53.8 Å². The minimum absolute atomic E-state index is 0.0187. The van der Waals surface area contributed by atoms with Crippen molar-refractivity contribution in [3.63, 3.8) is 0 Å². The zero-order chi connectivity index (χ0) is 21.6. The third-order valence-electron chi connectivity index (χ3n) is 6.31. The van der Waals surface area contributed by atoms with Gasteiger partial charge in [0, 0.05) is 24.8 Å². The lowest BCUT2D eigenvalue weighted by atomic mass is 9.99. The van der Waals surface area contributed by atoms with E-state index in [-0.39, 0.29) is 11.1 Å². The molecule has 4 rings (SSSR count). The van der Waals surface area contributed by atoms with E-state index in [9.17, 15) is 13.2 Å². The highest BCUT2D eigenvalue weighted by Gasteiger charge is 2.28. The monoisotopic (exact) mass is 431 g/mol. The summed E-state index contributed by atoms with van der Waals surface area (Å²) in [6.07, 6.45) is 5.98. The van der Waals surface area contributed by atoms with Gasteiger partial charge in [0.2, 0.25) is 0 Å². The number of sulfonamides is 1. The Hall–Kier alpha value is -2.39. The Morgan fingerprint density at radius 2 is 1.70 bits per heavy atom. The lowest BCUT2D eigenvalue weighted by Crippen LogP contribution is -2.35. The van der Waals surface area contributed by atoms with Crippen LogP contribution in [0.2, 0.25) is 0 Å². The Kier molecular flexibility index (Phi) is 5.36. The van der Waals surface area contributed by atoms with E-state index in [1.165, 1.54) is 21.9 Å². The third kappa shape index (κ3) is 3.72. The van der Waals surface area contributed by atoms with Crippen molar-refractivity contribution in [2.75, 3.05) is 19.4 Å². The summed E-state index contributed by atoms with van der Waals surface area (Å²) in [5.74, 6) is 0. The van der Waals surface area contributed by atoms with E-state index in [0.29, 0.717) is 0 Å². The van der Waals surface area contributed by atoms with Crippen molar-refractivity contribution in [1.82, 2.24) is 19.4 Å². The molecule has 0 bridgehead atoms. The lowest BCUT2D eigenvalue weighted by Gasteiger charge is -2.19. The topological polar surface area (TPSA) is 96.3 Å². The molecule has 9 heteroatoms. The summed E-state index contributed by atoms with van der Waals surface area (Å²) in [6, 6.07) is 3.02. The average molecular weight is 432 g/mol. The zero-order valence-electron chi connectivity index (χ0n) is 17.9. The number of urea groups is 1. The lowest BCUT2D eigenvalue weighted by molar-refractivity contribution is 0.256. The summed E-state index contributed by atoms with van der Waals surface area (Å²) in [5.41, 5.74) is 6.43. The van der Waals surface area contributed by atoms with Gasteiger partial charge in [-0.05, 0) is 81.8 Å². The number of benzene rings is 1. The largest absolute Gasteiger partial charge is 0.333 e. The van der Waals surface area contributed by atoms with Gasteiger partial charge in [-0.15, -0.1) is 0 Å². The van der Waals surface area contributed by atoms with Gasteiger partial charge < -0.3 is 10.2 Å². The van der Waals surface area contributed by atoms with Gasteiger partial charge in [-0.25, -0.2) is 9.52 Å². The molecule has 1 atom stereocenters. The van der Waals surface area contributed by atoms with Gasteiger partial charge in [0.25, 0.3) is 10.0 Å². The Bertz CT molecular complexity index is 1070. The molecular formula is C21H29N5O3S. The van der Waals surface area contributed by atoms with E-state index in [4.69, 9.17) is 0 Å². The predicted molar refractivity (Wildman–Crippen MR) is 115 cm³/mol. The van der Waals surface area contributed by atoms with Crippen molar-refractivity contribution in [3.8, 4) is 0 Å². The Morgan fingerprint density at radius 3 is 2.27 bits per heavy atom. The van der Waals surface area contributed by atoms with Gasteiger partial charge >= 0.3 is 6.03 Å². The summed E-state index contributed by atoms with van der Waals surface area (Å²) in [6.45, 7) is 1.96. The number of aromatic nitrogens is 2. The molecule has 2 aliphatic carbocycles. The number of carbonyl (C=O) groups excluding carboxylic acids is 1. The molecule has 0 fully saturated rings. The Balaban J connectivity index is 1.56. The molecule has 8 nitrogen and oxygen atoms in total. The highest BCUT2D eigenvalue weighted by Crippen LogP contribution is 2.38. The molecule has 0 spiro atoms. The molecule has 30 heavy (non-hydrogen) atoms. The molecule has 2 aliphatic rings. The predicted octanol–water partition coefficient (Wildman–Crippen LogP) is 2.53. The van der Waals surface area contributed by atoms with Crippen LogP contribution in [0.3, 0.4) is 0 Å². The summed E-state index contributed by atoms with van der Waals surface area (Å²) < 4.78 is 29.3. The van der Waals surface area contributed by atoms with Crippen molar-refractivity contribution in [2.24, 2.45) is 7.05 Å². The number of hydrogen-bond acceptors (Lipinski definition) is 5. The van der Waals surface area contributed by atoms with Gasteiger partial charge in [0.1, 0.15) is 0 Å². The minimum Gasteiger partial charge on any atom is -0.307 e. The highest BCUT2D eigenvalue weighted by molar-refractivity contribution is 7.90. The Labute approximate surface area is 177 Å². The third-order valence-corrected chi connectivity index (χ3v) is 7.51. The van der Waals surface area contributed by atoms with Crippen LogP contribution in [0.4, 0.5) is 10.5 Å². The molecule has 1 aromatic carbocycles. The minimum atomic E-state index is -4.08. The molecule has 0 saturated heterocycles. The van der Waals surface area contributed by atoms with E-state index < -0.39 is 16.1 Å². The number of aryl methyl sites for hydroxylation is 3. The number of amides is 2. The van der Waals surface area contributed by atoms with Crippen LogP contribution < -0.4 is 10.0 Å². The number of anilines is 1. The second-order valence-electron chi connectivity index (χ2n) is 8.46. The second-order valence-corrected chi connectivity index (χ2v) is 10.1. The summed E-state index contributed by atoms with van der Waals surface area (Å²) in [4.78, 5) is 14.7. The number of nitrogens with zero attached hydrogens (tertiary/aromatic N) is 3. The van der Waals surface area contributed by atoms with Crippen molar-refractivity contribution >= 4 is 21.7 Å². The van der Waals surface area contributed by atoms with E-state index >= 15 is 0 Å². The fourth-order valence-electron chi connectivity index (χ4n) is 4.52. The molecule has 0 aliphatic heterocycles. The first-order valence-corrected chi connectivity index (χ1v) is 11.9. The van der Waals surface area contributed by atoms with Gasteiger partial charge in [-0.3, -0.25) is 4.68 Å². The van der Waals surface area contributed by atoms with Crippen LogP contribution in [0, 0.1) is 0 Å². The fourth-order valence-corrected chi connectivity index (χ4v) is 5.43. The van der Waals surface area contributed by atoms with Gasteiger partial charge in [-0.1, -0.05) is 6.07 Å². The van der Waals surface area contributed by atoms with Crippen molar-refractivity contribution in [2.45, 2.75) is 56.5 Å². The SMILES string of the molecule is CC(c1cc(S(=O)(=O)NC(=O)Nc2c3c(cc4c2CCC4)CCC3)nn1C)N(C)C. The van der Waals surface area contributed by atoms with E-state index in [1.54, 1.807) is 7.05 Å². The molecule has 0 radical (unpaired) electrons. The zero-order valence-corrected chi connectivity index (χ0v) is 18.8. The standard InChI is InChI=1S/C21H29N5O3S/c1-13(25(2)3)18-12-19(23-26(18)4)30(28,29)24-21(27)22-20-16-9-5-7-14(16)11-15-8-6-10-17(15)20/h11-13H,5-10H2,1-4H3,(H2,22,24,27). The van der Waals surface area contributed by atoms with Gasteiger partial charge in [0.15, 0.2) is 5.03 Å². The van der Waals surface area contributed by atoms with Crippen molar-refractivity contribution < 1.29 is 13.2 Å². The van der Waals surface area contributed by atoms with Crippen LogP contribution in [-0.2, 0) is 42.8 Å². The smallest absolute Gasteiger partial charge is 0.307 e. The van der Waals surface area contributed by atoms with Crippen LogP contribution in [0.5, 0.6) is 0 Å². The Morgan fingerprint density at radius 1 is 1.10 bits per heavy atom. The van der Waals surface area contributed by atoms with Gasteiger partial charge in [-0.2, -0.15) is 13.5 Å². The number of fused-ring (bicyclic) bond motifs is 2. The fraction of sp³-hybridized carbons (Fsp3) is 0.524. The maximum atomic E-state index is 12.8. The molecule has 1 aromatic heterocycles. The summed E-state index contributed by atoms with van der Waals surface area (Å²) >= 11 is 0. The molecule has 1 unspecified atom stereocenters. The maximum Gasteiger partial charge on any atom is 0.333 e. The van der Waals surface area contributed by atoms with E-state index in [0.717, 1.165) is 61.0 Å². The number of rotatable bonds is 5. The van der Waals surface area contributed by atoms with Crippen LogP contribution in [0.25, 0.3) is 0 Å².